The summed E-state index contributed by atoms with van der Waals surface area (Å²) in [5.74, 6) is 0. The molecule has 160 valence electrons. The van der Waals surface area contributed by atoms with Crippen molar-refractivity contribution in [1.82, 2.24) is 9.55 Å². The van der Waals surface area contributed by atoms with E-state index in [2.05, 4.69) is 120 Å². The molecule has 0 N–H and O–H groups in total. The van der Waals surface area contributed by atoms with E-state index in [1.807, 2.05) is 6.07 Å². The molecule has 0 aliphatic carbocycles. The van der Waals surface area contributed by atoms with Gasteiger partial charge in [-0.15, -0.1) is 11.3 Å². The average molecular weight is 453 g/mol. The van der Waals surface area contributed by atoms with E-state index in [1.165, 1.54) is 37.6 Å². The largest absolute Gasteiger partial charge is 0.309 e. The maximum absolute atomic E-state index is 4.98. The van der Waals surface area contributed by atoms with Crippen LogP contribution < -0.4 is 0 Å². The molecule has 0 atom stereocenters. The first-order valence-corrected chi connectivity index (χ1v) is 12.2. The number of nitrogens with zero attached hydrogens (tertiary/aromatic N) is 2. The maximum Gasteiger partial charge on any atom is 0.124 e. The Kier molecular flexibility index (Phi) is 4.36. The quantitative estimate of drug-likeness (QED) is 0.262. The van der Waals surface area contributed by atoms with Gasteiger partial charge in [0.1, 0.15) is 5.01 Å². The molecule has 7 rings (SSSR count). The highest BCUT2D eigenvalue weighted by Crippen LogP contribution is 2.41. The Labute approximate surface area is 201 Å². The predicted molar refractivity (Wildman–Crippen MR) is 145 cm³/mol. The molecule has 34 heavy (non-hydrogen) atoms. The number of hydrogen-bond acceptors (Lipinski definition) is 2. The van der Waals surface area contributed by atoms with E-state index in [0.717, 1.165) is 21.8 Å². The summed E-state index contributed by atoms with van der Waals surface area (Å²) in [6.07, 6.45) is 0. The second-order valence-electron chi connectivity index (χ2n) is 8.46. The van der Waals surface area contributed by atoms with Crippen molar-refractivity contribution in [3.63, 3.8) is 0 Å². The van der Waals surface area contributed by atoms with Gasteiger partial charge in [0.2, 0.25) is 0 Å². The Morgan fingerprint density at radius 2 is 1.18 bits per heavy atom. The minimum atomic E-state index is 1.05. The summed E-state index contributed by atoms with van der Waals surface area (Å²) in [5.41, 5.74) is 8.27. The molecule has 5 aromatic carbocycles. The van der Waals surface area contributed by atoms with Gasteiger partial charge < -0.3 is 4.57 Å². The molecule has 3 heteroatoms. The molecule has 0 fully saturated rings. The lowest BCUT2D eigenvalue weighted by atomic mass is 10.1. The fraction of sp³-hybridized carbons (Fsp3) is 0. The van der Waals surface area contributed by atoms with Crippen molar-refractivity contribution in [2.45, 2.75) is 0 Å². The first kappa shape index (κ1) is 19.3. The number of benzene rings is 5. The molecule has 2 heterocycles. The highest BCUT2D eigenvalue weighted by Gasteiger charge is 2.17. The molecule has 2 nitrogen and oxygen atoms in total. The molecule has 0 radical (unpaired) electrons. The zero-order valence-electron chi connectivity index (χ0n) is 18.3. The number of fused-ring (bicyclic) bond motifs is 5. The normalized spacial score (nSPS) is 11.5. The molecule has 0 aliphatic heterocycles. The van der Waals surface area contributed by atoms with E-state index >= 15 is 0 Å². The van der Waals surface area contributed by atoms with E-state index in [4.69, 9.17) is 4.98 Å². The highest BCUT2D eigenvalue weighted by atomic mass is 32.1. The molecule has 0 amide bonds. The number of aromatic nitrogens is 2. The van der Waals surface area contributed by atoms with Gasteiger partial charge in [0, 0.05) is 22.0 Å². The van der Waals surface area contributed by atoms with Crippen molar-refractivity contribution in [3.8, 4) is 27.4 Å². The van der Waals surface area contributed by atoms with Crippen LogP contribution in [0, 0.1) is 0 Å². The third-order valence-corrected chi connectivity index (χ3v) is 7.58. The van der Waals surface area contributed by atoms with Crippen LogP contribution in [0.25, 0.3) is 59.4 Å². The average Bonchev–Trinajstić information content (AvgIpc) is 3.49. The molecule has 0 bridgehead atoms. The van der Waals surface area contributed by atoms with E-state index < -0.39 is 0 Å². The van der Waals surface area contributed by atoms with Crippen LogP contribution in [-0.4, -0.2) is 9.55 Å². The summed E-state index contributed by atoms with van der Waals surface area (Å²) in [6, 6.07) is 42.9. The zero-order valence-corrected chi connectivity index (χ0v) is 19.2. The first-order chi connectivity index (χ1) is 16.9. The topological polar surface area (TPSA) is 17.8 Å². The lowest BCUT2D eigenvalue weighted by Crippen LogP contribution is -1.93. The first-order valence-electron chi connectivity index (χ1n) is 11.4. The molecule has 7 aromatic rings. The molecular weight excluding hydrogens is 432 g/mol. The lowest BCUT2D eigenvalue weighted by molar-refractivity contribution is 1.18. The van der Waals surface area contributed by atoms with Crippen molar-refractivity contribution in [3.05, 3.63) is 121 Å². The van der Waals surface area contributed by atoms with Crippen LogP contribution in [0.3, 0.4) is 0 Å². The van der Waals surface area contributed by atoms with Gasteiger partial charge in [0.25, 0.3) is 0 Å². The van der Waals surface area contributed by atoms with Crippen molar-refractivity contribution in [2.75, 3.05) is 0 Å². The van der Waals surface area contributed by atoms with Crippen LogP contribution in [-0.2, 0) is 0 Å². The summed E-state index contributed by atoms with van der Waals surface area (Å²) < 4.78 is 3.62. The van der Waals surface area contributed by atoms with Gasteiger partial charge in [-0.3, -0.25) is 0 Å². The maximum atomic E-state index is 4.98. The second kappa shape index (κ2) is 7.68. The van der Waals surface area contributed by atoms with E-state index in [9.17, 15) is 0 Å². The van der Waals surface area contributed by atoms with Gasteiger partial charge in [-0.2, -0.15) is 0 Å². The van der Waals surface area contributed by atoms with Gasteiger partial charge >= 0.3 is 0 Å². The van der Waals surface area contributed by atoms with Crippen LogP contribution in [0.4, 0.5) is 0 Å². The van der Waals surface area contributed by atoms with E-state index in [-0.39, 0.29) is 0 Å². The van der Waals surface area contributed by atoms with Crippen LogP contribution >= 0.6 is 11.3 Å². The minimum absolute atomic E-state index is 1.05. The Balaban J connectivity index is 1.47. The summed E-state index contributed by atoms with van der Waals surface area (Å²) in [6.45, 7) is 0. The van der Waals surface area contributed by atoms with Gasteiger partial charge in [-0.1, -0.05) is 91.0 Å². The van der Waals surface area contributed by atoms with Crippen LogP contribution in [0.1, 0.15) is 0 Å². The Morgan fingerprint density at radius 1 is 0.529 bits per heavy atom. The Bertz CT molecular complexity index is 1780. The summed E-state index contributed by atoms with van der Waals surface area (Å²) in [4.78, 5) is 4.98. The van der Waals surface area contributed by atoms with Crippen molar-refractivity contribution >= 4 is 43.4 Å². The van der Waals surface area contributed by atoms with Crippen molar-refractivity contribution in [1.29, 1.82) is 0 Å². The lowest BCUT2D eigenvalue weighted by Gasteiger charge is -2.09. The minimum Gasteiger partial charge on any atom is -0.309 e. The number of rotatable bonds is 3. The molecule has 0 unspecified atom stereocenters. The fourth-order valence-electron chi connectivity index (χ4n) is 4.85. The molecule has 0 saturated carbocycles. The molecule has 2 aromatic heterocycles. The van der Waals surface area contributed by atoms with Crippen LogP contribution in [0.15, 0.2) is 121 Å². The Morgan fingerprint density at radius 3 is 1.94 bits per heavy atom. The van der Waals surface area contributed by atoms with Crippen molar-refractivity contribution in [2.24, 2.45) is 0 Å². The molecular formula is C31H20N2S. The van der Waals surface area contributed by atoms with Crippen LogP contribution in [0.2, 0.25) is 0 Å². The third-order valence-electron chi connectivity index (χ3n) is 6.44. The number of hydrogen-bond donors (Lipinski definition) is 0. The van der Waals surface area contributed by atoms with Gasteiger partial charge in [0.15, 0.2) is 0 Å². The molecule has 0 aliphatic rings. The highest BCUT2D eigenvalue weighted by molar-refractivity contribution is 7.22. The summed E-state index contributed by atoms with van der Waals surface area (Å²) in [5, 5.41) is 3.60. The smallest absolute Gasteiger partial charge is 0.124 e. The second-order valence-corrected chi connectivity index (χ2v) is 9.46. The van der Waals surface area contributed by atoms with Crippen LogP contribution in [0.5, 0.6) is 0 Å². The number of thiazole rings is 1. The van der Waals surface area contributed by atoms with Gasteiger partial charge in [-0.05, 0) is 41.5 Å². The molecule has 0 saturated heterocycles. The molecule has 0 spiro atoms. The number of para-hydroxylation sites is 1. The fourth-order valence-corrected chi connectivity index (χ4v) is 5.98. The standard InChI is InChI=1S/C31H20N2S/c1-3-9-21(10-4-1)22-15-17-24(18-16-22)33-27-14-8-7-13-25(27)29-28(33)20-19-26-30(29)34-31(32-26)23-11-5-2-6-12-23/h1-20H. The van der Waals surface area contributed by atoms with E-state index in [1.54, 1.807) is 11.3 Å². The predicted octanol–water partition coefficient (Wildman–Crippen LogP) is 8.73. The third kappa shape index (κ3) is 2.98. The zero-order chi connectivity index (χ0) is 22.5. The Hall–Kier alpha value is -4.21. The van der Waals surface area contributed by atoms with Gasteiger partial charge in [0.05, 0.1) is 21.3 Å². The summed E-state index contributed by atoms with van der Waals surface area (Å²) >= 11 is 1.78. The summed E-state index contributed by atoms with van der Waals surface area (Å²) in [7, 11) is 0. The SMILES string of the molecule is c1ccc(-c2ccc(-n3c4ccccc4c4c5sc(-c6ccccc6)nc5ccc43)cc2)cc1. The van der Waals surface area contributed by atoms with Crippen molar-refractivity contribution < 1.29 is 0 Å². The van der Waals surface area contributed by atoms with Gasteiger partial charge in [-0.25, -0.2) is 4.98 Å². The van der Waals surface area contributed by atoms with E-state index in [0.29, 0.717) is 0 Å². The monoisotopic (exact) mass is 452 g/mol.